The van der Waals surface area contributed by atoms with E-state index < -0.39 is 0 Å². The van der Waals surface area contributed by atoms with Gasteiger partial charge in [0.25, 0.3) is 0 Å². The summed E-state index contributed by atoms with van der Waals surface area (Å²) in [6.45, 7) is 2.06. The van der Waals surface area contributed by atoms with Gasteiger partial charge in [-0.25, -0.2) is 0 Å². The van der Waals surface area contributed by atoms with E-state index in [2.05, 4.69) is 45.6 Å². The predicted octanol–water partition coefficient (Wildman–Crippen LogP) is 3.21. The van der Waals surface area contributed by atoms with E-state index in [1.165, 1.54) is 18.4 Å². The molecule has 0 radical (unpaired) electrons. The van der Waals surface area contributed by atoms with Gasteiger partial charge in [0.05, 0.1) is 5.69 Å². The Morgan fingerprint density at radius 1 is 1.47 bits per heavy atom. The number of nitrogens with one attached hydrogen (secondary N) is 2. The van der Waals surface area contributed by atoms with Gasteiger partial charge < -0.3 is 10.6 Å². The average molecular weight is 285 g/mol. The van der Waals surface area contributed by atoms with Gasteiger partial charge in [-0.2, -0.15) is 0 Å². The van der Waals surface area contributed by atoms with Crippen molar-refractivity contribution in [1.82, 2.24) is 5.32 Å². The zero-order valence-electron chi connectivity index (χ0n) is 8.51. The quantitative estimate of drug-likeness (QED) is 0.816. The number of hydrogen-bond acceptors (Lipinski definition) is 1. The summed E-state index contributed by atoms with van der Waals surface area (Å²) in [4.78, 5) is 0. The van der Waals surface area contributed by atoms with Gasteiger partial charge in [-0.1, -0.05) is 6.07 Å². The van der Waals surface area contributed by atoms with Gasteiger partial charge in [0.1, 0.15) is 0 Å². The molecule has 1 aliphatic carbocycles. The smallest absolute Gasteiger partial charge is 0.171 e. The lowest BCUT2D eigenvalue weighted by Crippen LogP contribution is -2.30. The van der Waals surface area contributed by atoms with Crippen LogP contribution < -0.4 is 10.6 Å². The number of rotatable bonds is 2. The number of halogens is 1. The molecule has 80 valence electrons. The highest BCUT2D eigenvalue weighted by atomic mass is 79.9. The first-order valence-corrected chi connectivity index (χ1v) is 6.19. The van der Waals surface area contributed by atoms with E-state index in [4.69, 9.17) is 12.2 Å². The van der Waals surface area contributed by atoms with E-state index in [-0.39, 0.29) is 0 Å². The summed E-state index contributed by atoms with van der Waals surface area (Å²) in [6, 6.07) is 6.75. The number of hydrogen-bond donors (Lipinski definition) is 2. The minimum Gasteiger partial charge on any atom is -0.360 e. The molecular formula is C11H13BrN2S. The van der Waals surface area contributed by atoms with E-state index in [9.17, 15) is 0 Å². The Morgan fingerprint density at radius 3 is 2.87 bits per heavy atom. The molecule has 0 bridgehead atoms. The number of thiocarbonyl (C=S) groups is 1. The molecule has 15 heavy (non-hydrogen) atoms. The third-order valence-corrected chi connectivity index (χ3v) is 3.19. The van der Waals surface area contributed by atoms with Crippen LogP contribution in [0.3, 0.4) is 0 Å². The second-order valence-corrected chi connectivity index (χ2v) is 5.12. The summed E-state index contributed by atoms with van der Waals surface area (Å²) in [6.07, 6.45) is 2.47. The molecule has 0 saturated heterocycles. The van der Waals surface area contributed by atoms with Crippen LogP contribution in [0.15, 0.2) is 22.7 Å². The van der Waals surface area contributed by atoms with Crippen LogP contribution in [-0.4, -0.2) is 11.2 Å². The molecule has 1 aromatic rings. The lowest BCUT2D eigenvalue weighted by atomic mass is 10.2. The minimum absolute atomic E-state index is 0.591. The fourth-order valence-corrected chi connectivity index (χ4v) is 1.93. The Morgan fingerprint density at radius 2 is 2.20 bits per heavy atom. The predicted molar refractivity (Wildman–Crippen MR) is 71.3 cm³/mol. The zero-order valence-corrected chi connectivity index (χ0v) is 10.9. The van der Waals surface area contributed by atoms with Crippen LogP contribution in [0.1, 0.15) is 18.4 Å². The second kappa shape index (κ2) is 4.49. The van der Waals surface area contributed by atoms with Crippen molar-refractivity contribution in [3.63, 3.8) is 0 Å². The van der Waals surface area contributed by atoms with Crippen LogP contribution in [0.2, 0.25) is 0 Å². The van der Waals surface area contributed by atoms with Gasteiger partial charge in [-0.15, -0.1) is 0 Å². The SMILES string of the molecule is Cc1ccc(Br)c(NC(=S)NC2CC2)c1. The molecule has 2 N–H and O–H groups in total. The van der Waals surface area contributed by atoms with Crippen LogP contribution >= 0.6 is 28.1 Å². The van der Waals surface area contributed by atoms with Crippen LogP contribution in [0.5, 0.6) is 0 Å². The lowest BCUT2D eigenvalue weighted by molar-refractivity contribution is 0.919. The third kappa shape index (κ3) is 3.18. The highest BCUT2D eigenvalue weighted by molar-refractivity contribution is 9.10. The average Bonchev–Trinajstić information content (AvgIpc) is 2.95. The molecule has 1 aliphatic rings. The minimum atomic E-state index is 0.591. The van der Waals surface area contributed by atoms with E-state index in [1.807, 2.05) is 6.07 Å². The molecule has 0 spiro atoms. The Kier molecular flexibility index (Phi) is 3.26. The van der Waals surface area contributed by atoms with Crippen LogP contribution in [-0.2, 0) is 0 Å². The Bertz CT molecular complexity index is 388. The monoisotopic (exact) mass is 284 g/mol. The molecule has 2 nitrogen and oxygen atoms in total. The van der Waals surface area contributed by atoms with Gasteiger partial charge in [0.2, 0.25) is 0 Å². The first kappa shape index (κ1) is 10.9. The molecule has 0 heterocycles. The Labute approximate surface area is 104 Å². The van der Waals surface area contributed by atoms with Crippen molar-refractivity contribution >= 4 is 38.9 Å². The molecule has 0 aromatic heterocycles. The van der Waals surface area contributed by atoms with Crippen LogP contribution in [0, 0.1) is 6.92 Å². The lowest BCUT2D eigenvalue weighted by Gasteiger charge is -2.11. The van der Waals surface area contributed by atoms with E-state index in [0.717, 1.165) is 10.2 Å². The maximum Gasteiger partial charge on any atom is 0.171 e. The fraction of sp³-hybridized carbons (Fsp3) is 0.364. The molecule has 4 heteroatoms. The number of benzene rings is 1. The van der Waals surface area contributed by atoms with Crippen molar-refractivity contribution in [3.8, 4) is 0 Å². The molecule has 2 rings (SSSR count). The van der Waals surface area contributed by atoms with Crippen molar-refractivity contribution in [3.05, 3.63) is 28.2 Å². The number of aryl methyl sites for hydroxylation is 1. The normalized spacial score (nSPS) is 14.8. The Hall–Kier alpha value is -0.610. The molecular weight excluding hydrogens is 272 g/mol. The molecule has 1 aromatic carbocycles. The summed E-state index contributed by atoms with van der Waals surface area (Å²) < 4.78 is 1.04. The van der Waals surface area contributed by atoms with Gasteiger partial charge >= 0.3 is 0 Å². The second-order valence-electron chi connectivity index (χ2n) is 3.86. The van der Waals surface area contributed by atoms with Gasteiger partial charge in [0, 0.05) is 10.5 Å². The first-order chi connectivity index (χ1) is 7.15. The van der Waals surface area contributed by atoms with Crippen molar-refractivity contribution in [2.24, 2.45) is 0 Å². The van der Waals surface area contributed by atoms with Crippen molar-refractivity contribution in [1.29, 1.82) is 0 Å². The van der Waals surface area contributed by atoms with Gasteiger partial charge in [0.15, 0.2) is 5.11 Å². The largest absolute Gasteiger partial charge is 0.360 e. The summed E-state index contributed by atoms with van der Waals surface area (Å²) >= 11 is 8.70. The highest BCUT2D eigenvalue weighted by Crippen LogP contribution is 2.24. The maximum absolute atomic E-state index is 5.21. The standard InChI is InChI=1S/C11H13BrN2S/c1-7-2-5-9(12)10(6-7)14-11(15)13-8-3-4-8/h2,5-6,8H,3-4H2,1H3,(H2,13,14,15). The van der Waals surface area contributed by atoms with Gasteiger partial charge in [-0.05, 0) is 65.6 Å². The highest BCUT2D eigenvalue weighted by Gasteiger charge is 2.21. The molecule has 1 saturated carbocycles. The zero-order chi connectivity index (χ0) is 10.8. The van der Waals surface area contributed by atoms with Crippen LogP contribution in [0.25, 0.3) is 0 Å². The Balaban J connectivity index is 2.01. The molecule has 1 fully saturated rings. The summed E-state index contributed by atoms with van der Waals surface area (Å²) in [5.41, 5.74) is 2.24. The summed E-state index contributed by atoms with van der Waals surface area (Å²) in [5, 5.41) is 7.16. The fourth-order valence-electron chi connectivity index (χ4n) is 1.31. The summed E-state index contributed by atoms with van der Waals surface area (Å²) in [7, 11) is 0. The first-order valence-electron chi connectivity index (χ1n) is 4.99. The van der Waals surface area contributed by atoms with Crippen LogP contribution in [0.4, 0.5) is 5.69 Å². The van der Waals surface area contributed by atoms with Crippen molar-refractivity contribution in [2.75, 3.05) is 5.32 Å². The molecule has 0 aliphatic heterocycles. The molecule has 0 amide bonds. The maximum atomic E-state index is 5.21. The van der Waals surface area contributed by atoms with Crippen molar-refractivity contribution in [2.45, 2.75) is 25.8 Å². The van der Waals surface area contributed by atoms with E-state index in [0.29, 0.717) is 11.2 Å². The topological polar surface area (TPSA) is 24.1 Å². The van der Waals surface area contributed by atoms with E-state index >= 15 is 0 Å². The molecule has 0 unspecified atom stereocenters. The third-order valence-electron chi connectivity index (χ3n) is 2.28. The molecule has 0 atom stereocenters. The summed E-state index contributed by atoms with van der Waals surface area (Å²) in [5.74, 6) is 0. The number of anilines is 1. The van der Waals surface area contributed by atoms with Gasteiger partial charge in [-0.3, -0.25) is 0 Å². The van der Waals surface area contributed by atoms with Crippen molar-refractivity contribution < 1.29 is 0 Å². The van der Waals surface area contributed by atoms with E-state index in [1.54, 1.807) is 0 Å².